The first kappa shape index (κ1) is 33.9. The number of piperazine rings is 1. The van der Waals surface area contributed by atoms with Gasteiger partial charge >= 0.3 is 5.97 Å². The van der Waals surface area contributed by atoms with Crippen LogP contribution in [0.4, 0.5) is 21.6 Å². The number of anilines is 3. The Labute approximate surface area is 256 Å². The number of benzene rings is 3. The first-order chi connectivity index (χ1) is 18.1. The van der Waals surface area contributed by atoms with Gasteiger partial charge in [-0.1, -0.05) is 6.07 Å². The maximum Gasteiger partial charge on any atom is 0.336 e. The number of carboxylic acid groups (broad SMARTS) is 1. The van der Waals surface area contributed by atoms with Crippen molar-refractivity contribution < 1.29 is 22.7 Å². The van der Waals surface area contributed by atoms with Gasteiger partial charge in [-0.15, -0.1) is 37.2 Å². The first-order valence-corrected chi connectivity index (χ1v) is 13.6. The van der Waals surface area contributed by atoms with Gasteiger partial charge in [-0.2, -0.15) is 0 Å². The summed E-state index contributed by atoms with van der Waals surface area (Å²) in [5, 5.41) is 10.3. The Hall–Kier alpha value is -3.31. The highest BCUT2D eigenvalue weighted by Crippen LogP contribution is 2.29. The molecule has 1 aromatic heterocycles. The van der Waals surface area contributed by atoms with Crippen LogP contribution in [0.25, 0.3) is 10.9 Å². The fraction of sp³-hybridized carbons (Fsp3) is 0.214. The number of halogens is 4. The fourth-order valence-electron chi connectivity index (χ4n) is 4.76. The largest absolute Gasteiger partial charge is 0.478 e. The Morgan fingerprint density at radius 1 is 0.854 bits per heavy atom. The van der Waals surface area contributed by atoms with E-state index >= 15 is 0 Å². The predicted octanol–water partition coefficient (Wildman–Crippen LogP) is 6.08. The van der Waals surface area contributed by atoms with Crippen molar-refractivity contribution in [2.45, 2.75) is 18.7 Å². The van der Waals surface area contributed by atoms with Crippen molar-refractivity contribution >= 4 is 81.3 Å². The molecule has 1 aliphatic rings. The van der Waals surface area contributed by atoms with Crippen LogP contribution in [0.15, 0.2) is 71.6 Å². The molecule has 5 rings (SSSR count). The summed E-state index contributed by atoms with van der Waals surface area (Å²) < 4.78 is 41.8. The Kier molecular flexibility index (Phi) is 11.2. The molecule has 1 fully saturated rings. The minimum Gasteiger partial charge on any atom is -0.478 e. The number of rotatable bonds is 6. The van der Waals surface area contributed by atoms with Crippen LogP contribution in [-0.2, 0) is 10.0 Å². The number of fused-ring (bicyclic) bond motifs is 1. The molecule has 3 aromatic carbocycles. The van der Waals surface area contributed by atoms with Crippen LogP contribution in [0.5, 0.6) is 0 Å². The second-order valence-corrected chi connectivity index (χ2v) is 11.1. The lowest BCUT2D eigenvalue weighted by atomic mass is 10.1. The van der Waals surface area contributed by atoms with Crippen molar-refractivity contribution in [1.82, 2.24) is 4.98 Å². The number of aryl methyl sites for hydroxylation is 2. The average molecular weight is 644 g/mol. The Morgan fingerprint density at radius 2 is 1.44 bits per heavy atom. The summed E-state index contributed by atoms with van der Waals surface area (Å²) in [4.78, 5) is 21.2. The molecular formula is C28H30Cl3FN4O4S. The lowest BCUT2D eigenvalue weighted by Gasteiger charge is -2.37. The van der Waals surface area contributed by atoms with Crippen LogP contribution in [0.1, 0.15) is 21.5 Å². The van der Waals surface area contributed by atoms with Gasteiger partial charge in [0.25, 0.3) is 10.0 Å². The van der Waals surface area contributed by atoms with Crippen molar-refractivity contribution in [2.75, 3.05) is 40.7 Å². The summed E-state index contributed by atoms with van der Waals surface area (Å²) in [7, 11) is -3.87. The molecule has 13 heteroatoms. The quantitative estimate of drug-likeness (QED) is 0.263. The molecule has 8 nitrogen and oxygen atoms in total. The maximum absolute atomic E-state index is 13.3. The molecule has 1 saturated heterocycles. The lowest BCUT2D eigenvalue weighted by molar-refractivity contribution is 0.0699. The third-order valence-electron chi connectivity index (χ3n) is 6.58. The van der Waals surface area contributed by atoms with E-state index in [9.17, 15) is 22.7 Å². The molecule has 0 aliphatic carbocycles. The third kappa shape index (κ3) is 7.51. The molecular weight excluding hydrogens is 614 g/mol. The molecule has 2 N–H and O–H groups in total. The number of hydrogen-bond donors (Lipinski definition) is 2. The summed E-state index contributed by atoms with van der Waals surface area (Å²) in [6, 6.07) is 17.6. The number of pyridine rings is 1. The van der Waals surface area contributed by atoms with Gasteiger partial charge in [-0.05, 0) is 85.6 Å². The number of nitrogens with one attached hydrogen (secondary N) is 1. The van der Waals surface area contributed by atoms with Crippen LogP contribution in [0.3, 0.4) is 0 Å². The molecule has 0 atom stereocenters. The second-order valence-electron chi connectivity index (χ2n) is 9.44. The summed E-state index contributed by atoms with van der Waals surface area (Å²) in [6.45, 7) is 6.23. The molecule has 0 bridgehead atoms. The van der Waals surface area contributed by atoms with E-state index in [1.54, 1.807) is 36.4 Å². The zero-order valence-electron chi connectivity index (χ0n) is 22.2. The van der Waals surface area contributed by atoms with E-state index in [2.05, 4.69) is 14.6 Å². The molecule has 0 amide bonds. The number of carbonyl (C=O) groups is 1. The molecule has 41 heavy (non-hydrogen) atoms. The van der Waals surface area contributed by atoms with Gasteiger partial charge in [-0.25, -0.2) is 22.6 Å². The van der Waals surface area contributed by atoms with E-state index < -0.39 is 16.0 Å². The summed E-state index contributed by atoms with van der Waals surface area (Å²) in [5.74, 6) is -0.870. The van der Waals surface area contributed by atoms with E-state index in [0.717, 1.165) is 16.8 Å². The summed E-state index contributed by atoms with van der Waals surface area (Å²) in [5.41, 5.74) is 3.33. The highest BCUT2D eigenvalue weighted by molar-refractivity contribution is 7.92. The Morgan fingerprint density at radius 3 is 2.02 bits per heavy atom. The summed E-state index contributed by atoms with van der Waals surface area (Å²) >= 11 is 0. The predicted molar refractivity (Wildman–Crippen MR) is 168 cm³/mol. The van der Waals surface area contributed by atoms with Gasteiger partial charge in [-0.3, -0.25) is 4.72 Å². The second kappa shape index (κ2) is 13.6. The summed E-state index contributed by atoms with van der Waals surface area (Å²) in [6.07, 6.45) is 0. The number of carboxylic acids is 1. The van der Waals surface area contributed by atoms with Crippen LogP contribution in [0.2, 0.25) is 0 Å². The van der Waals surface area contributed by atoms with E-state index in [1.165, 1.54) is 24.3 Å². The Balaban J connectivity index is 0.00000196. The number of nitrogens with zero attached hydrogens (tertiary/aromatic N) is 3. The van der Waals surface area contributed by atoms with E-state index in [4.69, 9.17) is 0 Å². The van der Waals surface area contributed by atoms with Gasteiger partial charge in [0, 0.05) is 42.9 Å². The average Bonchev–Trinajstić information content (AvgIpc) is 2.88. The van der Waals surface area contributed by atoms with Gasteiger partial charge in [0.05, 0.1) is 16.0 Å². The zero-order valence-corrected chi connectivity index (χ0v) is 25.5. The fourth-order valence-corrected chi connectivity index (χ4v) is 6.00. The van der Waals surface area contributed by atoms with E-state index in [0.29, 0.717) is 42.9 Å². The minimum atomic E-state index is -3.87. The lowest BCUT2D eigenvalue weighted by Crippen LogP contribution is -2.46. The number of sulfonamides is 1. The van der Waals surface area contributed by atoms with Crippen molar-refractivity contribution in [1.29, 1.82) is 0 Å². The van der Waals surface area contributed by atoms with Crippen LogP contribution in [-0.4, -0.2) is 50.7 Å². The third-order valence-corrected chi connectivity index (χ3v) is 7.94. The molecule has 1 aliphatic heterocycles. The molecule has 0 unspecified atom stereocenters. The normalized spacial score (nSPS) is 13.0. The highest BCUT2D eigenvalue weighted by atomic mass is 35.5. The van der Waals surface area contributed by atoms with Gasteiger partial charge in [0.2, 0.25) is 0 Å². The first-order valence-electron chi connectivity index (χ1n) is 12.1. The van der Waals surface area contributed by atoms with E-state index in [-0.39, 0.29) is 59.2 Å². The zero-order chi connectivity index (χ0) is 27.0. The highest BCUT2D eigenvalue weighted by Gasteiger charge is 2.22. The van der Waals surface area contributed by atoms with Crippen molar-refractivity contribution in [3.8, 4) is 0 Å². The Bertz CT molecular complexity index is 1630. The molecule has 0 saturated carbocycles. The van der Waals surface area contributed by atoms with Gasteiger partial charge in [0.15, 0.2) is 0 Å². The van der Waals surface area contributed by atoms with Crippen LogP contribution in [0, 0.1) is 19.7 Å². The van der Waals surface area contributed by atoms with Gasteiger partial charge < -0.3 is 14.9 Å². The smallest absolute Gasteiger partial charge is 0.336 e. The molecule has 220 valence electrons. The maximum atomic E-state index is 13.3. The minimum absolute atomic E-state index is 0. The van der Waals surface area contributed by atoms with Crippen LogP contribution >= 0.6 is 37.2 Å². The number of aromatic carboxylic acids is 1. The van der Waals surface area contributed by atoms with Crippen molar-refractivity contribution in [3.63, 3.8) is 0 Å². The van der Waals surface area contributed by atoms with Crippen LogP contribution < -0.4 is 14.5 Å². The number of aromatic nitrogens is 1. The monoisotopic (exact) mass is 642 g/mol. The number of hydrogen-bond acceptors (Lipinski definition) is 6. The van der Waals surface area contributed by atoms with Crippen molar-refractivity contribution in [2.24, 2.45) is 0 Å². The molecule has 0 radical (unpaired) electrons. The van der Waals surface area contributed by atoms with E-state index in [1.807, 2.05) is 24.8 Å². The molecule has 4 aromatic rings. The van der Waals surface area contributed by atoms with Gasteiger partial charge in [0.1, 0.15) is 11.6 Å². The topological polar surface area (TPSA) is 103 Å². The standard InChI is InChI=1S/C28H27FN4O4S.3ClH/c1-18-13-19(2)15-23(14-18)38(36,37)31-21-5-8-26-24(16-21)25(28(34)35)17-27(30-26)33-11-9-32(10-12-33)22-6-3-20(29)4-7-22;;;/h3-8,13-17,31H,9-12H2,1-2H3,(H,34,35);3*1H. The van der Waals surface area contributed by atoms with Crippen molar-refractivity contribution in [3.05, 3.63) is 89.2 Å². The molecule has 2 heterocycles. The molecule has 0 spiro atoms. The SMILES string of the molecule is Cc1cc(C)cc(S(=O)(=O)Nc2ccc3nc(N4CCN(c5ccc(F)cc5)CC4)cc(C(=O)O)c3c2)c1.Cl.Cl.Cl.